The lowest BCUT2D eigenvalue weighted by molar-refractivity contribution is 0.0972. The van der Waals surface area contributed by atoms with Crippen molar-refractivity contribution in [3.63, 3.8) is 0 Å². The van der Waals surface area contributed by atoms with Crippen molar-refractivity contribution in [2.75, 3.05) is 5.73 Å². The Balaban J connectivity index is 1.49. The quantitative estimate of drug-likeness (QED) is 0.229. The first-order valence-corrected chi connectivity index (χ1v) is 13.0. The second kappa shape index (κ2) is 10.9. The predicted octanol–water partition coefficient (Wildman–Crippen LogP) is 6.30. The first kappa shape index (κ1) is 27.2. The van der Waals surface area contributed by atoms with E-state index in [-0.39, 0.29) is 17.3 Å². The number of carbonyl (C=O) groups is 1. The van der Waals surface area contributed by atoms with Gasteiger partial charge in [-0.3, -0.25) is 4.79 Å². The number of hydrogen-bond acceptors (Lipinski definition) is 6. The molecule has 3 aromatic heterocycles. The van der Waals surface area contributed by atoms with Crippen molar-refractivity contribution in [2.45, 2.75) is 53.5 Å². The number of fused-ring (bicyclic) bond motifs is 1. The molecule has 2 N–H and O–H groups in total. The average molecular weight is 530 g/mol. The van der Waals surface area contributed by atoms with Crippen LogP contribution in [0.25, 0.3) is 11.2 Å². The minimum Gasteiger partial charge on any atom is -0.369 e. The first-order chi connectivity index (χ1) is 18.0. The molecule has 198 valence electrons. The Morgan fingerprint density at radius 1 is 1.21 bits per heavy atom. The van der Waals surface area contributed by atoms with Gasteiger partial charge in [-0.05, 0) is 55.7 Å². The number of hydrogen-bond donors (Lipinski definition) is 1. The van der Waals surface area contributed by atoms with Crippen molar-refractivity contribution in [2.24, 2.45) is 12.5 Å². The van der Waals surface area contributed by atoms with Crippen molar-refractivity contribution >= 4 is 35.2 Å². The fourth-order valence-electron chi connectivity index (χ4n) is 4.89. The number of nitrogen functional groups attached to an aromatic ring is 1. The van der Waals surface area contributed by atoms with Gasteiger partial charge in [-0.15, -0.1) is 0 Å². The van der Waals surface area contributed by atoms with Crippen LogP contribution in [0.4, 0.5) is 5.95 Å². The Morgan fingerprint density at radius 3 is 2.68 bits per heavy atom. The van der Waals surface area contributed by atoms with Crippen LogP contribution in [0.1, 0.15) is 58.3 Å². The van der Waals surface area contributed by atoms with Crippen LogP contribution in [0.3, 0.4) is 0 Å². The van der Waals surface area contributed by atoms with Gasteiger partial charge in [0.05, 0.1) is 12.4 Å². The number of aromatic nitrogens is 6. The van der Waals surface area contributed by atoms with Gasteiger partial charge >= 0.3 is 0 Å². The van der Waals surface area contributed by atoms with Gasteiger partial charge in [-0.25, -0.2) is 14.5 Å². The largest absolute Gasteiger partial charge is 0.369 e. The molecule has 3 aromatic rings. The lowest BCUT2D eigenvalue weighted by atomic mass is 9.71. The molecule has 9 heteroatoms. The van der Waals surface area contributed by atoms with Crippen LogP contribution in [0.5, 0.6) is 0 Å². The molecule has 0 aromatic carbocycles. The molecule has 0 saturated heterocycles. The second-order valence-electron chi connectivity index (χ2n) is 10.5. The van der Waals surface area contributed by atoms with Crippen LogP contribution in [-0.4, -0.2) is 34.6 Å². The molecule has 3 heterocycles. The zero-order valence-corrected chi connectivity index (χ0v) is 23.7. The smallest absolute Gasteiger partial charge is 0.257 e. The molecule has 1 unspecified atom stereocenters. The fraction of sp³-hybridized carbons (Fsp3) is 0.345. The van der Waals surface area contributed by atoms with Gasteiger partial charge in [-0.1, -0.05) is 62.0 Å². The third kappa shape index (κ3) is 5.52. The minimum absolute atomic E-state index is 0.119. The van der Waals surface area contributed by atoms with Crippen LogP contribution < -0.4 is 5.73 Å². The predicted molar refractivity (Wildman–Crippen MR) is 155 cm³/mol. The van der Waals surface area contributed by atoms with E-state index in [1.165, 1.54) is 22.0 Å². The monoisotopic (exact) mass is 529 g/mol. The maximum absolute atomic E-state index is 12.9. The number of nitrogens with two attached hydrogens (primary N) is 1. The molecule has 0 bridgehead atoms. The summed E-state index contributed by atoms with van der Waals surface area (Å²) in [7, 11) is 1.72. The molecule has 38 heavy (non-hydrogen) atoms. The van der Waals surface area contributed by atoms with Gasteiger partial charge in [0.15, 0.2) is 5.65 Å². The van der Waals surface area contributed by atoms with Crippen molar-refractivity contribution in [3.05, 3.63) is 88.4 Å². The molecule has 1 aliphatic carbocycles. The number of imidazole rings is 2. The van der Waals surface area contributed by atoms with E-state index in [1.54, 1.807) is 17.7 Å². The standard InChI is InChI=1S/C29H35N7OS/c1-19(10-11-22-21(3)23(12-13-29(22,4)5)35-15-14-31-17-35)8-7-9-20(2)16-24(37)36-18-32-25-26(36)33-28(30)34(6)27(25)38/h7-11,14-18,23H,12-13H2,1-6H3,(H2,30,33)/b9-7+,11-10+,19-8+,20-16+. The zero-order chi connectivity index (χ0) is 27.6. The van der Waals surface area contributed by atoms with Gasteiger partial charge in [0, 0.05) is 25.5 Å². The molecule has 0 saturated carbocycles. The normalized spacial score (nSPS) is 18.8. The SMILES string of the molecule is CC1=C(/C=C/C(C)=C/C=C/C(C)=C/C(=O)n2cnc3c(=S)n(C)c(N)nc32)C(C)(C)CCC1n1ccnc1. The highest BCUT2D eigenvalue weighted by Crippen LogP contribution is 2.45. The molecule has 8 nitrogen and oxygen atoms in total. The topological polar surface area (TPSA) is 96.5 Å². The second-order valence-corrected chi connectivity index (χ2v) is 10.9. The molecular formula is C29H35N7OS. The van der Waals surface area contributed by atoms with Crippen LogP contribution >= 0.6 is 12.2 Å². The van der Waals surface area contributed by atoms with Crippen LogP contribution in [-0.2, 0) is 7.05 Å². The van der Waals surface area contributed by atoms with E-state index in [4.69, 9.17) is 18.0 Å². The van der Waals surface area contributed by atoms with E-state index in [0.717, 1.165) is 24.0 Å². The van der Waals surface area contributed by atoms with E-state index in [0.29, 0.717) is 21.8 Å². The first-order valence-electron chi connectivity index (χ1n) is 12.6. The molecule has 0 fully saturated rings. The summed E-state index contributed by atoms with van der Waals surface area (Å²) in [5.74, 6) is -0.0362. The Labute approximate surface area is 228 Å². The maximum atomic E-state index is 12.9. The number of allylic oxidation sites excluding steroid dienone is 10. The van der Waals surface area contributed by atoms with Crippen molar-refractivity contribution in [1.82, 2.24) is 28.7 Å². The third-order valence-electron chi connectivity index (χ3n) is 7.21. The van der Waals surface area contributed by atoms with E-state index in [9.17, 15) is 4.79 Å². The number of anilines is 1. The van der Waals surface area contributed by atoms with Gasteiger partial charge in [0.2, 0.25) is 5.95 Å². The molecule has 1 atom stereocenters. The molecule has 0 spiro atoms. The summed E-state index contributed by atoms with van der Waals surface area (Å²) in [4.78, 5) is 25.6. The average Bonchev–Trinajstić information content (AvgIpc) is 3.53. The lowest BCUT2D eigenvalue weighted by Gasteiger charge is -2.37. The number of rotatable bonds is 6. The van der Waals surface area contributed by atoms with Crippen molar-refractivity contribution in [1.29, 1.82) is 0 Å². The number of nitrogens with zero attached hydrogens (tertiary/aromatic N) is 6. The fourth-order valence-corrected chi connectivity index (χ4v) is 5.12. The summed E-state index contributed by atoms with van der Waals surface area (Å²) in [5.41, 5.74) is 11.5. The maximum Gasteiger partial charge on any atom is 0.257 e. The lowest BCUT2D eigenvalue weighted by Crippen LogP contribution is -2.25. The summed E-state index contributed by atoms with van der Waals surface area (Å²) in [5, 5.41) is 0. The van der Waals surface area contributed by atoms with Gasteiger partial charge in [-0.2, -0.15) is 4.98 Å². The van der Waals surface area contributed by atoms with Crippen LogP contribution in [0.2, 0.25) is 0 Å². The summed E-state index contributed by atoms with van der Waals surface area (Å²) >= 11 is 5.37. The molecule has 0 aliphatic heterocycles. The van der Waals surface area contributed by atoms with Crippen LogP contribution in [0, 0.1) is 10.1 Å². The van der Waals surface area contributed by atoms with Crippen LogP contribution in [0.15, 0.2) is 83.8 Å². The summed E-state index contributed by atoms with van der Waals surface area (Å²) in [6, 6.07) is 0.347. The zero-order valence-electron chi connectivity index (χ0n) is 22.8. The van der Waals surface area contributed by atoms with Crippen molar-refractivity contribution < 1.29 is 4.79 Å². The highest BCUT2D eigenvalue weighted by Gasteiger charge is 2.32. The minimum atomic E-state index is -0.264. The van der Waals surface area contributed by atoms with Crippen molar-refractivity contribution in [3.8, 4) is 0 Å². The molecule has 4 rings (SSSR count). The van der Waals surface area contributed by atoms with Gasteiger partial charge in [0.1, 0.15) is 16.5 Å². The highest BCUT2D eigenvalue weighted by atomic mass is 32.1. The Bertz CT molecular complexity index is 1580. The summed E-state index contributed by atoms with van der Waals surface area (Å²) in [6.07, 6.45) is 21.3. The molecule has 0 radical (unpaired) electrons. The molecular weight excluding hydrogens is 494 g/mol. The summed E-state index contributed by atoms with van der Waals surface area (Å²) in [6.45, 7) is 10.8. The van der Waals surface area contributed by atoms with E-state index in [2.05, 4.69) is 59.4 Å². The Morgan fingerprint density at radius 2 is 1.97 bits per heavy atom. The molecule has 0 amide bonds. The Hall–Kier alpha value is -3.85. The third-order valence-corrected chi connectivity index (χ3v) is 7.68. The van der Waals surface area contributed by atoms with E-state index >= 15 is 0 Å². The Kier molecular flexibility index (Phi) is 7.78. The summed E-state index contributed by atoms with van der Waals surface area (Å²) < 4.78 is 5.57. The van der Waals surface area contributed by atoms with Gasteiger partial charge < -0.3 is 14.9 Å². The van der Waals surface area contributed by atoms with E-state index in [1.807, 2.05) is 43.9 Å². The van der Waals surface area contributed by atoms with E-state index < -0.39 is 0 Å². The number of carbonyl (C=O) groups excluding carboxylic acids is 1. The van der Waals surface area contributed by atoms with Gasteiger partial charge in [0.25, 0.3) is 5.91 Å². The molecule has 1 aliphatic rings. The highest BCUT2D eigenvalue weighted by molar-refractivity contribution is 7.71.